The topological polar surface area (TPSA) is 49.4 Å². The lowest BCUT2D eigenvalue weighted by Crippen LogP contribution is -2.27. The number of nitrogens with zero attached hydrogens (tertiary/aromatic N) is 1. The molecule has 1 fully saturated rings. The van der Waals surface area contributed by atoms with Crippen molar-refractivity contribution in [2.75, 3.05) is 11.4 Å². The second kappa shape index (κ2) is 3.34. The molecule has 0 bridgehead atoms. The van der Waals surface area contributed by atoms with Gasteiger partial charge >= 0.3 is 6.03 Å². The summed E-state index contributed by atoms with van der Waals surface area (Å²) in [6, 6.07) is 3.73. The number of hydrogen-bond donors (Lipinski definition) is 1. The van der Waals surface area contributed by atoms with Crippen molar-refractivity contribution >= 4 is 17.6 Å². The Morgan fingerprint density at radius 1 is 1.33 bits per heavy atom. The summed E-state index contributed by atoms with van der Waals surface area (Å²) < 4.78 is 13.1. The van der Waals surface area contributed by atoms with Crippen molar-refractivity contribution < 1.29 is 14.0 Å². The third-order valence-electron chi connectivity index (χ3n) is 2.13. The minimum Gasteiger partial charge on any atom is -0.285 e. The summed E-state index contributed by atoms with van der Waals surface area (Å²) in [5.41, 5.74) is 1.10. The van der Waals surface area contributed by atoms with Crippen LogP contribution in [0.5, 0.6) is 0 Å². The van der Waals surface area contributed by atoms with Crippen LogP contribution < -0.4 is 10.2 Å². The minimum atomic E-state index is -0.509. The molecule has 0 spiro atoms. The Labute approximate surface area is 85.7 Å². The maximum atomic E-state index is 13.1. The number of carbonyl (C=O) groups is 2. The van der Waals surface area contributed by atoms with E-state index in [1.807, 2.05) is 0 Å². The molecule has 0 saturated carbocycles. The zero-order valence-electron chi connectivity index (χ0n) is 8.08. The van der Waals surface area contributed by atoms with Crippen molar-refractivity contribution in [3.05, 3.63) is 29.6 Å². The molecule has 15 heavy (non-hydrogen) atoms. The number of amides is 3. The summed E-state index contributed by atoms with van der Waals surface area (Å²) in [6.07, 6.45) is 0. The third kappa shape index (κ3) is 1.81. The van der Waals surface area contributed by atoms with Gasteiger partial charge < -0.3 is 0 Å². The van der Waals surface area contributed by atoms with E-state index in [0.29, 0.717) is 11.3 Å². The lowest BCUT2D eigenvalue weighted by atomic mass is 10.2. The Kier molecular flexibility index (Phi) is 2.15. The van der Waals surface area contributed by atoms with E-state index in [2.05, 4.69) is 5.32 Å². The van der Waals surface area contributed by atoms with Crippen LogP contribution in [0.3, 0.4) is 0 Å². The molecule has 3 amide bonds. The molecule has 1 N–H and O–H groups in total. The molecule has 1 aliphatic rings. The van der Waals surface area contributed by atoms with E-state index in [1.165, 1.54) is 17.0 Å². The molecule has 1 heterocycles. The average Bonchev–Trinajstić information content (AvgIpc) is 2.43. The first kappa shape index (κ1) is 9.64. The largest absolute Gasteiger partial charge is 0.329 e. The number of anilines is 1. The van der Waals surface area contributed by atoms with Crippen LogP contribution in [0.15, 0.2) is 18.2 Å². The van der Waals surface area contributed by atoms with Crippen LogP contribution in [-0.4, -0.2) is 18.5 Å². The lowest BCUT2D eigenvalue weighted by molar-refractivity contribution is -0.117. The molecule has 0 aliphatic carbocycles. The summed E-state index contributed by atoms with van der Waals surface area (Å²) >= 11 is 0. The number of urea groups is 1. The second-order valence-electron chi connectivity index (χ2n) is 3.43. The predicted molar refractivity (Wildman–Crippen MR) is 52.0 cm³/mol. The van der Waals surface area contributed by atoms with Crippen molar-refractivity contribution in [2.24, 2.45) is 0 Å². The lowest BCUT2D eigenvalue weighted by Gasteiger charge is -2.13. The smallest absolute Gasteiger partial charge is 0.285 e. The van der Waals surface area contributed by atoms with Crippen molar-refractivity contribution in [1.82, 2.24) is 5.32 Å². The zero-order valence-corrected chi connectivity index (χ0v) is 8.08. The molecular formula is C10H9FN2O2. The van der Waals surface area contributed by atoms with Crippen LogP contribution >= 0.6 is 0 Å². The van der Waals surface area contributed by atoms with Crippen LogP contribution in [0.2, 0.25) is 0 Å². The molecule has 0 unspecified atom stereocenters. The van der Waals surface area contributed by atoms with E-state index in [0.717, 1.165) is 0 Å². The van der Waals surface area contributed by atoms with E-state index < -0.39 is 11.8 Å². The van der Waals surface area contributed by atoms with Crippen LogP contribution in [0.1, 0.15) is 5.56 Å². The van der Waals surface area contributed by atoms with Crippen molar-refractivity contribution in [3.63, 3.8) is 0 Å². The molecule has 78 valence electrons. The van der Waals surface area contributed by atoms with Crippen molar-refractivity contribution in [2.45, 2.75) is 6.92 Å². The fourth-order valence-corrected chi connectivity index (χ4v) is 1.52. The quantitative estimate of drug-likeness (QED) is 0.705. The van der Waals surface area contributed by atoms with Crippen LogP contribution in [0, 0.1) is 12.7 Å². The number of imide groups is 1. The van der Waals surface area contributed by atoms with Gasteiger partial charge in [0.15, 0.2) is 0 Å². The van der Waals surface area contributed by atoms with Crippen molar-refractivity contribution in [3.8, 4) is 0 Å². The summed E-state index contributed by atoms with van der Waals surface area (Å²) in [4.78, 5) is 23.4. The molecule has 0 atom stereocenters. The number of carbonyl (C=O) groups excluding carboxylic acids is 2. The highest BCUT2D eigenvalue weighted by atomic mass is 19.1. The summed E-state index contributed by atoms with van der Waals surface area (Å²) in [6.45, 7) is 1.67. The van der Waals surface area contributed by atoms with Gasteiger partial charge in [0, 0.05) is 5.69 Å². The van der Waals surface area contributed by atoms with Crippen molar-refractivity contribution in [1.29, 1.82) is 0 Å². The van der Waals surface area contributed by atoms with Gasteiger partial charge in [-0.25, -0.2) is 9.18 Å². The van der Waals surface area contributed by atoms with E-state index in [1.54, 1.807) is 13.0 Å². The zero-order chi connectivity index (χ0) is 11.0. The molecule has 5 heteroatoms. The normalized spacial score (nSPS) is 15.7. The molecular weight excluding hydrogens is 199 g/mol. The standard InChI is InChI=1S/C10H9FN2O2/c1-6-2-7(11)4-8(3-6)13-5-9(14)12-10(13)15/h2-4H,5H2,1H3,(H,12,14,15). The second-order valence-corrected chi connectivity index (χ2v) is 3.43. The maximum absolute atomic E-state index is 13.1. The summed E-state index contributed by atoms with van der Waals surface area (Å²) in [5.74, 6) is -0.793. The average molecular weight is 208 g/mol. The van der Waals surface area contributed by atoms with Gasteiger partial charge in [-0.05, 0) is 30.7 Å². The predicted octanol–water partition coefficient (Wildman–Crippen LogP) is 1.19. The fraction of sp³-hybridized carbons (Fsp3) is 0.200. The van der Waals surface area contributed by atoms with Gasteiger partial charge in [0.2, 0.25) is 5.91 Å². The molecule has 2 rings (SSSR count). The number of hydrogen-bond acceptors (Lipinski definition) is 2. The number of benzene rings is 1. The highest BCUT2D eigenvalue weighted by Gasteiger charge is 2.28. The van der Waals surface area contributed by atoms with Gasteiger partial charge in [-0.2, -0.15) is 0 Å². The SMILES string of the molecule is Cc1cc(F)cc(N2CC(=O)NC2=O)c1. The number of aryl methyl sites for hydroxylation is 1. The van der Waals surface area contributed by atoms with Gasteiger partial charge in [-0.1, -0.05) is 0 Å². The summed E-state index contributed by atoms with van der Waals surface area (Å²) in [5, 5.41) is 2.13. The minimum absolute atomic E-state index is 0.0538. The fourth-order valence-electron chi connectivity index (χ4n) is 1.52. The number of halogens is 1. The highest BCUT2D eigenvalue weighted by Crippen LogP contribution is 2.19. The van der Waals surface area contributed by atoms with Gasteiger partial charge in [-0.3, -0.25) is 15.0 Å². The van der Waals surface area contributed by atoms with Gasteiger partial charge in [-0.15, -0.1) is 0 Å². The highest BCUT2D eigenvalue weighted by molar-refractivity contribution is 6.12. The van der Waals surface area contributed by atoms with Gasteiger partial charge in [0.1, 0.15) is 12.4 Å². The molecule has 0 aromatic heterocycles. The van der Waals surface area contributed by atoms with Crippen LogP contribution in [0.25, 0.3) is 0 Å². The molecule has 1 saturated heterocycles. The number of nitrogens with one attached hydrogen (secondary N) is 1. The van der Waals surface area contributed by atoms with Crippen LogP contribution in [0.4, 0.5) is 14.9 Å². The Balaban J connectivity index is 2.37. The molecule has 0 radical (unpaired) electrons. The monoisotopic (exact) mass is 208 g/mol. The first-order valence-electron chi connectivity index (χ1n) is 4.45. The molecule has 1 aliphatic heterocycles. The van der Waals surface area contributed by atoms with Crippen LogP contribution in [-0.2, 0) is 4.79 Å². The van der Waals surface area contributed by atoms with Gasteiger partial charge in [0.05, 0.1) is 0 Å². The Morgan fingerprint density at radius 3 is 2.60 bits per heavy atom. The Bertz CT molecular complexity index is 425. The molecule has 1 aromatic rings. The van der Waals surface area contributed by atoms with E-state index in [9.17, 15) is 14.0 Å². The van der Waals surface area contributed by atoms with E-state index >= 15 is 0 Å². The number of rotatable bonds is 1. The first-order valence-corrected chi connectivity index (χ1v) is 4.45. The summed E-state index contributed by atoms with van der Waals surface area (Å²) in [7, 11) is 0. The molecule has 4 nitrogen and oxygen atoms in total. The molecule has 1 aromatic carbocycles. The Hall–Kier alpha value is -1.91. The third-order valence-corrected chi connectivity index (χ3v) is 2.13. The van der Waals surface area contributed by atoms with Gasteiger partial charge in [0.25, 0.3) is 0 Å². The maximum Gasteiger partial charge on any atom is 0.329 e. The Morgan fingerprint density at radius 2 is 2.07 bits per heavy atom. The first-order chi connectivity index (χ1) is 7.06. The van der Waals surface area contributed by atoms with E-state index in [-0.39, 0.29) is 12.5 Å². The van der Waals surface area contributed by atoms with E-state index in [4.69, 9.17) is 0 Å².